The van der Waals surface area contributed by atoms with E-state index in [9.17, 15) is 9.59 Å². The number of fused-ring (bicyclic) bond motifs is 1. The van der Waals surface area contributed by atoms with E-state index in [1.165, 1.54) is 0 Å². The van der Waals surface area contributed by atoms with E-state index in [0.29, 0.717) is 38.3 Å². The number of carbonyl (C=O) groups excluding carboxylic acids is 2. The number of carbonyl (C=O) groups is 2. The highest BCUT2D eigenvalue weighted by molar-refractivity contribution is 5.86. The molecule has 1 aliphatic rings. The summed E-state index contributed by atoms with van der Waals surface area (Å²) in [6.45, 7) is 3.15. The van der Waals surface area contributed by atoms with E-state index in [1.54, 1.807) is 25.0 Å². The summed E-state index contributed by atoms with van der Waals surface area (Å²) in [5.41, 5.74) is 0. The molecular formula is C20H23NO5. The number of hydrogen-bond acceptors (Lipinski definition) is 5. The van der Waals surface area contributed by atoms with Gasteiger partial charge in [0.25, 0.3) is 0 Å². The van der Waals surface area contributed by atoms with E-state index >= 15 is 0 Å². The lowest BCUT2D eigenvalue weighted by Gasteiger charge is -2.30. The number of rotatable bonds is 4. The van der Waals surface area contributed by atoms with Crippen LogP contribution in [0.1, 0.15) is 19.8 Å². The van der Waals surface area contributed by atoms with Crippen LogP contribution in [0.4, 0.5) is 4.79 Å². The standard InChI is InChI=1S/C20H23NO5/c1-3-25-20(23)21-10-8-15(9-11-21)19(22)26-18-7-5-14-4-6-17(24-2)12-16(14)13-18/h4-7,12-13,15H,3,8-11H2,1-2H3. The molecule has 1 heterocycles. The third-order valence-electron chi connectivity index (χ3n) is 4.59. The van der Waals surface area contributed by atoms with Gasteiger partial charge in [-0.05, 0) is 54.8 Å². The number of piperidine rings is 1. The van der Waals surface area contributed by atoms with Crippen molar-refractivity contribution in [3.05, 3.63) is 36.4 Å². The van der Waals surface area contributed by atoms with Crippen LogP contribution in [-0.4, -0.2) is 43.8 Å². The Hall–Kier alpha value is -2.76. The van der Waals surface area contributed by atoms with Gasteiger partial charge in [-0.15, -0.1) is 0 Å². The smallest absolute Gasteiger partial charge is 0.409 e. The summed E-state index contributed by atoms with van der Waals surface area (Å²) in [5, 5.41) is 2.00. The van der Waals surface area contributed by atoms with Crippen LogP contribution in [0.3, 0.4) is 0 Å². The molecule has 138 valence electrons. The Balaban J connectivity index is 1.61. The van der Waals surface area contributed by atoms with Crippen molar-refractivity contribution in [1.82, 2.24) is 4.90 Å². The van der Waals surface area contributed by atoms with Crippen molar-refractivity contribution in [2.45, 2.75) is 19.8 Å². The summed E-state index contributed by atoms with van der Waals surface area (Å²) in [7, 11) is 1.62. The lowest BCUT2D eigenvalue weighted by atomic mass is 9.97. The number of esters is 1. The van der Waals surface area contributed by atoms with E-state index in [-0.39, 0.29) is 18.0 Å². The molecule has 2 aromatic carbocycles. The van der Waals surface area contributed by atoms with E-state index in [2.05, 4.69) is 0 Å². The predicted molar refractivity (Wildman–Crippen MR) is 97.5 cm³/mol. The highest BCUT2D eigenvalue weighted by atomic mass is 16.6. The minimum absolute atomic E-state index is 0.207. The zero-order valence-electron chi connectivity index (χ0n) is 15.1. The van der Waals surface area contributed by atoms with E-state index in [0.717, 1.165) is 16.5 Å². The Morgan fingerprint density at radius 2 is 1.69 bits per heavy atom. The van der Waals surface area contributed by atoms with E-state index in [1.807, 2.05) is 30.3 Å². The first-order valence-electron chi connectivity index (χ1n) is 8.82. The summed E-state index contributed by atoms with van der Waals surface area (Å²) in [4.78, 5) is 25.8. The largest absolute Gasteiger partial charge is 0.497 e. The van der Waals surface area contributed by atoms with Crippen LogP contribution in [0.2, 0.25) is 0 Å². The number of amides is 1. The Labute approximate surface area is 152 Å². The highest BCUT2D eigenvalue weighted by Crippen LogP contribution is 2.26. The van der Waals surface area contributed by atoms with Gasteiger partial charge in [-0.3, -0.25) is 4.79 Å². The minimum atomic E-state index is -0.317. The quantitative estimate of drug-likeness (QED) is 0.618. The maximum absolute atomic E-state index is 12.4. The number of ether oxygens (including phenoxy) is 3. The fourth-order valence-corrected chi connectivity index (χ4v) is 3.11. The first-order valence-corrected chi connectivity index (χ1v) is 8.82. The zero-order valence-corrected chi connectivity index (χ0v) is 15.1. The van der Waals surface area contributed by atoms with Crippen molar-refractivity contribution < 1.29 is 23.8 Å². The third-order valence-corrected chi connectivity index (χ3v) is 4.59. The molecular weight excluding hydrogens is 334 g/mol. The SMILES string of the molecule is CCOC(=O)N1CCC(C(=O)Oc2ccc3ccc(OC)cc3c2)CC1. The van der Waals surface area contributed by atoms with Crippen LogP contribution in [0.15, 0.2) is 36.4 Å². The first kappa shape index (κ1) is 18.0. The zero-order chi connectivity index (χ0) is 18.5. The van der Waals surface area contributed by atoms with Crippen molar-refractivity contribution in [1.29, 1.82) is 0 Å². The molecule has 0 atom stereocenters. The van der Waals surface area contributed by atoms with Gasteiger partial charge in [0, 0.05) is 13.1 Å². The van der Waals surface area contributed by atoms with Crippen LogP contribution >= 0.6 is 0 Å². The Morgan fingerprint density at radius 3 is 2.35 bits per heavy atom. The van der Waals surface area contributed by atoms with Crippen LogP contribution in [-0.2, 0) is 9.53 Å². The lowest BCUT2D eigenvalue weighted by Crippen LogP contribution is -2.41. The van der Waals surface area contributed by atoms with Crippen molar-refractivity contribution in [3.63, 3.8) is 0 Å². The summed E-state index contributed by atoms with van der Waals surface area (Å²) >= 11 is 0. The summed E-state index contributed by atoms with van der Waals surface area (Å²) < 4.78 is 15.8. The average Bonchev–Trinajstić information content (AvgIpc) is 2.67. The number of hydrogen-bond donors (Lipinski definition) is 0. The number of likely N-dealkylation sites (tertiary alicyclic amines) is 1. The lowest BCUT2D eigenvalue weighted by molar-refractivity contribution is -0.140. The molecule has 6 heteroatoms. The van der Waals surface area contributed by atoms with Crippen molar-refractivity contribution >= 4 is 22.8 Å². The average molecular weight is 357 g/mol. The summed E-state index contributed by atoms with van der Waals surface area (Å²) in [6, 6.07) is 11.3. The first-order chi connectivity index (χ1) is 12.6. The molecule has 0 unspecified atom stereocenters. The normalized spacial score (nSPS) is 14.9. The molecule has 1 amide bonds. The second kappa shape index (κ2) is 8.08. The molecule has 0 aromatic heterocycles. The van der Waals surface area contributed by atoms with Gasteiger partial charge in [0.05, 0.1) is 19.6 Å². The predicted octanol–water partition coefficient (Wildman–Crippen LogP) is 3.62. The number of methoxy groups -OCH3 is 1. The van der Waals surface area contributed by atoms with E-state index in [4.69, 9.17) is 14.2 Å². The molecule has 0 saturated carbocycles. The molecule has 26 heavy (non-hydrogen) atoms. The maximum atomic E-state index is 12.4. The van der Waals surface area contributed by atoms with Gasteiger partial charge in [-0.2, -0.15) is 0 Å². The molecule has 1 aliphatic heterocycles. The van der Waals surface area contributed by atoms with Crippen LogP contribution < -0.4 is 9.47 Å². The summed E-state index contributed by atoms with van der Waals surface area (Å²) in [6.07, 6.45) is 0.848. The molecule has 1 fully saturated rings. The maximum Gasteiger partial charge on any atom is 0.409 e. The van der Waals surface area contributed by atoms with Gasteiger partial charge in [-0.25, -0.2) is 4.79 Å². The molecule has 1 saturated heterocycles. The Bertz CT molecular complexity index is 796. The van der Waals surface area contributed by atoms with E-state index < -0.39 is 0 Å². The molecule has 0 radical (unpaired) electrons. The molecule has 0 N–H and O–H groups in total. The number of benzene rings is 2. The summed E-state index contributed by atoms with van der Waals surface area (Å²) in [5.74, 6) is 0.813. The van der Waals surface area contributed by atoms with Crippen molar-refractivity contribution in [2.75, 3.05) is 26.8 Å². The van der Waals surface area contributed by atoms with Gasteiger partial charge >= 0.3 is 12.1 Å². The second-order valence-corrected chi connectivity index (χ2v) is 6.26. The molecule has 6 nitrogen and oxygen atoms in total. The highest BCUT2D eigenvalue weighted by Gasteiger charge is 2.29. The minimum Gasteiger partial charge on any atom is -0.497 e. The fourth-order valence-electron chi connectivity index (χ4n) is 3.11. The van der Waals surface area contributed by atoms with Crippen molar-refractivity contribution in [2.24, 2.45) is 5.92 Å². The third kappa shape index (κ3) is 4.07. The molecule has 0 bridgehead atoms. The van der Waals surface area contributed by atoms with Gasteiger partial charge < -0.3 is 19.1 Å². The fraction of sp³-hybridized carbons (Fsp3) is 0.400. The number of nitrogens with zero attached hydrogens (tertiary/aromatic N) is 1. The van der Waals surface area contributed by atoms with Crippen LogP contribution in [0.5, 0.6) is 11.5 Å². The molecule has 2 aromatic rings. The topological polar surface area (TPSA) is 65.1 Å². The molecule has 0 aliphatic carbocycles. The van der Waals surface area contributed by atoms with Gasteiger partial charge in [0.1, 0.15) is 11.5 Å². The second-order valence-electron chi connectivity index (χ2n) is 6.26. The van der Waals surface area contributed by atoms with Crippen LogP contribution in [0.25, 0.3) is 10.8 Å². The van der Waals surface area contributed by atoms with Gasteiger partial charge in [0.2, 0.25) is 0 Å². The van der Waals surface area contributed by atoms with Gasteiger partial charge in [0.15, 0.2) is 0 Å². The Morgan fingerprint density at radius 1 is 1.04 bits per heavy atom. The monoisotopic (exact) mass is 357 g/mol. The molecule has 3 rings (SSSR count). The molecule has 0 spiro atoms. The van der Waals surface area contributed by atoms with Crippen molar-refractivity contribution in [3.8, 4) is 11.5 Å². The Kier molecular flexibility index (Phi) is 5.61. The van der Waals surface area contributed by atoms with Gasteiger partial charge in [-0.1, -0.05) is 12.1 Å². The van der Waals surface area contributed by atoms with Crippen LogP contribution in [0, 0.1) is 5.92 Å².